The van der Waals surface area contributed by atoms with E-state index < -0.39 is 0 Å². The minimum absolute atomic E-state index is 0.132. The van der Waals surface area contributed by atoms with Crippen molar-refractivity contribution >= 4 is 74.2 Å². The summed E-state index contributed by atoms with van der Waals surface area (Å²) in [5.74, 6) is 0.0986. The molecule has 0 aliphatic carbocycles. The topological polar surface area (TPSA) is 46.6 Å². The van der Waals surface area contributed by atoms with Crippen LogP contribution in [0.4, 0.5) is 9.18 Å². The first-order valence-corrected chi connectivity index (χ1v) is 11.0. The van der Waals surface area contributed by atoms with Crippen molar-refractivity contribution in [3.05, 3.63) is 65.4 Å². The highest BCUT2D eigenvalue weighted by molar-refractivity contribution is 14.1. The quantitative estimate of drug-likeness (QED) is 0.324. The van der Waals surface area contributed by atoms with Crippen LogP contribution in [0.2, 0.25) is 0 Å². The fraction of sp³-hybridized carbons (Fsp3) is 0.158. The molecule has 1 aliphatic heterocycles. The molecule has 0 spiro atoms. The molecule has 2 aromatic rings. The van der Waals surface area contributed by atoms with Crippen LogP contribution in [-0.2, 0) is 11.4 Å². The predicted molar refractivity (Wildman–Crippen MR) is 121 cm³/mol. The van der Waals surface area contributed by atoms with Crippen LogP contribution in [-0.4, -0.2) is 22.6 Å². The van der Waals surface area contributed by atoms with E-state index in [0.29, 0.717) is 22.8 Å². The highest BCUT2D eigenvalue weighted by atomic mass is 127. The zero-order valence-corrected chi connectivity index (χ0v) is 19.3. The van der Waals surface area contributed by atoms with Gasteiger partial charge in [-0.1, -0.05) is 18.2 Å². The third kappa shape index (κ3) is 4.65. The number of hydrogen-bond acceptors (Lipinski definition) is 4. The highest BCUT2D eigenvalue weighted by Gasteiger charge is 2.33. The molecular formula is C19H14FI2NO3S. The molecule has 140 valence electrons. The second-order valence-corrected chi connectivity index (χ2v) is 8.94. The van der Waals surface area contributed by atoms with Gasteiger partial charge in [-0.25, -0.2) is 4.39 Å². The minimum atomic E-state index is -0.300. The summed E-state index contributed by atoms with van der Waals surface area (Å²) in [6.07, 6.45) is 1.71. The smallest absolute Gasteiger partial charge is 0.293 e. The second kappa shape index (κ2) is 8.91. The lowest BCUT2D eigenvalue weighted by Crippen LogP contribution is -2.27. The van der Waals surface area contributed by atoms with E-state index in [1.54, 1.807) is 31.2 Å². The van der Waals surface area contributed by atoms with Gasteiger partial charge in [0.1, 0.15) is 18.2 Å². The summed E-state index contributed by atoms with van der Waals surface area (Å²) in [5, 5.41) is -0.247. The predicted octanol–water partition coefficient (Wildman–Crippen LogP) is 5.67. The Kier molecular flexibility index (Phi) is 6.79. The van der Waals surface area contributed by atoms with Crippen molar-refractivity contribution in [2.75, 3.05) is 6.54 Å². The Morgan fingerprint density at radius 2 is 1.85 bits per heavy atom. The largest absolute Gasteiger partial charge is 0.487 e. The summed E-state index contributed by atoms with van der Waals surface area (Å²) in [7, 11) is 0. The van der Waals surface area contributed by atoms with Crippen LogP contribution in [0.15, 0.2) is 41.3 Å². The van der Waals surface area contributed by atoms with Crippen LogP contribution in [0, 0.1) is 13.0 Å². The van der Waals surface area contributed by atoms with Crippen molar-refractivity contribution in [1.29, 1.82) is 0 Å². The molecule has 1 aliphatic rings. The maximum Gasteiger partial charge on any atom is 0.293 e. The van der Waals surface area contributed by atoms with Gasteiger partial charge in [-0.2, -0.15) is 0 Å². The molecule has 1 heterocycles. The number of nitrogens with zero attached hydrogens (tertiary/aromatic N) is 1. The lowest BCUT2D eigenvalue weighted by molar-refractivity contribution is -0.122. The van der Waals surface area contributed by atoms with Crippen molar-refractivity contribution in [3.8, 4) is 5.75 Å². The summed E-state index contributed by atoms with van der Waals surface area (Å²) in [6.45, 7) is 2.26. The average Bonchev–Trinajstić information content (AvgIpc) is 2.88. The van der Waals surface area contributed by atoms with Gasteiger partial charge in [0, 0.05) is 12.1 Å². The van der Waals surface area contributed by atoms with Gasteiger partial charge in [-0.3, -0.25) is 14.5 Å². The number of carbonyl (C=O) groups excluding carboxylic acids is 2. The van der Waals surface area contributed by atoms with E-state index in [0.717, 1.165) is 24.5 Å². The number of carbonyl (C=O) groups is 2. The van der Waals surface area contributed by atoms with Gasteiger partial charge in [-0.15, -0.1) is 0 Å². The Balaban J connectivity index is 1.81. The first-order valence-electron chi connectivity index (χ1n) is 8.01. The standard InChI is InChI=1S/C19H14FI2NO3S/c1-2-23-18(24)16(27-19(23)25)9-11-7-14(21)17(15(22)8-11)26-10-12-5-3-4-6-13(12)20/h3-9H,2,10H2,1H3/b16-9+. The Morgan fingerprint density at radius 1 is 1.19 bits per heavy atom. The van der Waals surface area contributed by atoms with E-state index in [-0.39, 0.29) is 23.6 Å². The van der Waals surface area contributed by atoms with Crippen LogP contribution in [0.3, 0.4) is 0 Å². The van der Waals surface area contributed by atoms with Gasteiger partial charge >= 0.3 is 0 Å². The normalized spacial score (nSPS) is 15.7. The molecule has 4 nitrogen and oxygen atoms in total. The average molecular weight is 609 g/mol. The Hall–Kier alpha value is -1.14. The first-order chi connectivity index (χ1) is 12.9. The molecule has 0 bridgehead atoms. The number of thioether (sulfide) groups is 1. The van der Waals surface area contributed by atoms with Crippen molar-refractivity contribution in [2.45, 2.75) is 13.5 Å². The Labute approximate surface area is 187 Å². The molecule has 2 aromatic carbocycles. The fourth-order valence-corrected chi connectivity index (χ4v) is 5.52. The van der Waals surface area contributed by atoms with E-state index in [1.807, 2.05) is 12.1 Å². The van der Waals surface area contributed by atoms with Crippen molar-refractivity contribution in [3.63, 3.8) is 0 Å². The van der Waals surface area contributed by atoms with E-state index in [4.69, 9.17) is 4.74 Å². The minimum Gasteiger partial charge on any atom is -0.487 e. The molecule has 27 heavy (non-hydrogen) atoms. The Bertz CT molecular complexity index is 925. The monoisotopic (exact) mass is 609 g/mol. The highest BCUT2D eigenvalue weighted by Crippen LogP contribution is 2.35. The summed E-state index contributed by atoms with van der Waals surface area (Å²) in [4.78, 5) is 25.7. The van der Waals surface area contributed by atoms with Gasteiger partial charge in [0.05, 0.1) is 12.0 Å². The van der Waals surface area contributed by atoms with E-state index >= 15 is 0 Å². The van der Waals surface area contributed by atoms with Gasteiger partial charge < -0.3 is 4.74 Å². The van der Waals surface area contributed by atoms with E-state index in [1.165, 1.54) is 11.0 Å². The number of benzene rings is 2. The number of amides is 2. The number of halogens is 3. The second-order valence-electron chi connectivity index (χ2n) is 5.62. The van der Waals surface area contributed by atoms with E-state index in [2.05, 4.69) is 45.2 Å². The fourth-order valence-electron chi connectivity index (χ4n) is 2.49. The SMILES string of the molecule is CCN1C(=O)S/C(=C/c2cc(I)c(OCc3ccccc3F)c(I)c2)C1=O. The maximum atomic E-state index is 13.8. The maximum absolute atomic E-state index is 13.8. The third-order valence-electron chi connectivity index (χ3n) is 3.84. The zero-order chi connectivity index (χ0) is 19.6. The molecule has 1 fully saturated rings. The lowest BCUT2D eigenvalue weighted by atomic mass is 10.2. The summed E-state index contributed by atoms with van der Waals surface area (Å²) in [5.41, 5.74) is 1.30. The number of rotatable bonds is 5. The first kappa shape index (κ1) is 20.6. The summed E-state index contributed by atoms with van der Waals surface area (Å²) in [6, 6.07) is 10.2. The van der Waals surface area contributed by atoms with Crippen LogP contribution in [0.1, 0.15) is 18.1 Å². The molecule has 0 N–H and O–H groups in total. The van der Waals surface area contributed by atoms with Crippen molar-refractivity contribution in [2.24, 2.45) is 0 Å². The zero-order valence-electron chi connectivity index (χ0n) is 14.2. The van der Waals surface area contributed by atoms with E-state index in [9.17, 15) is 14.0 Å². The van der Waals surface area contributed by atoms with Crippen molar-refractivity contribution in [1.82, 2.24) is 4.90 Å². The van der Waals surface area contributed by atoms with Crippen LogP contribution >= 0.6 is 56.9 Å². The molecule has 3 rings (SSSR count). The van der Waals surface area contributed by atoms with Crippen LogP contribution in [0.25, 0.3) is 6.08 Å². The van der Waals surface area contributed by atoms with Crippen molar-refractivity contribution < 1.29 is 18.7 Å². The molecular weight excluding hydrogens is 595 g/mol. The number of hydrogen-bond donors (Lipinski definition) is 0. The molecule has 0 unspecified atom stereocenters. The number of ether oxygens (including phenoxy) is 1. The number of likely N-dealkylation sites (N-methyl/N-ethyl adjacent to an activating group) is 1. The summed E-state index contributed by atoms with van der Waals surface area (Å²) < 4.78 is 21.3. The molecule has 0 radical (unpaired) electrons. The third-order valence-corrected chi connectivity index (χ3v) is 6.35. The molecule has 2 amide bonds. The Morgan fingerprint density at radius 3 is 2.44 bits per heavy atom. The van der Waals surface area contributed by atoms with Gasteiger partial charge in [0.15, 0.2) is 0 Å². The summed E-state index contributed by atoms with van der Waals surface area (Å²) >= 11 is 5.24. The molecule has 0 aromatic heterocycles. The molecule has 1 saturated heterocycles. The van der Waals surface area contributed by atoms with Gasteiger partial charge in [0.25, 0.3) is 11.1 Å². The van der Waals surface area contributed by atoms with Gasteiger partial charge in [0.2, 0.25) is 0 Å². The molecule has 8 heteroatoms. The van der Waals surface area contributed by atoms with Crippen LogP contribution < -0.4 is 4.74 Å². The molecule has 0 saturated carbocycles. The molecule has 0 atom stereocenters. The number of imide groups is 1. The lowest BCUT2D eigenvalue weighted by Gasteiger charge is -2.12. The van der Waals surface area contributed by atoms with Gasteiger partial charge in [-0.05, 0) is 93.7 Å². The van der Waals surface area contributed by atoms with Crippen LogP contribution in [0.5, 0.6) is 5.75 Å².